The van der Waals surface area contributed by atoms with E-state index in [2.05, 4.69) is 43.6 Å². The third-order valence-electron chi connectivity index (χ3n) is 4.18. The first-order valence-corrected chi connectivity index (χ1v) is 8.99. The van der Waals surface area contributed by atoms with Gasteiger partial charge in [-0.25, -0.2) is 0 Å². The summed E-state index contributed by atoms with van der Waals surface area (Å²) in [7, 11) is 0. The normalized spacial score (nSPS) is 11.1. The molecule has 0 aliphatic rings. The van der Waals surface area contributed by atoms with Crippen molar-refractivity contribution >= 4 is 5.76 Å². The molecule has 0 aromatic heterocycles. The fourth-order valence-corrected chi connectivity index (χ4v) is 2.41. The van der Waals surface area contributed by atoms with Crippen molar-refractivity contribution in [1.82, 2.24) is 9.80 Å². The summed E-state index contributed by atoms with van der Waals surface area (Å²) in [6.07, 6.45) is 0. The predicted octanol–water partition coefficient (Wildman–Crippen LogP) is 3.34. The molecule has 0 fully saturated rings. The number of rotatable bonds is 13. The Balaban J connectivity index is 2.44. The molecule has 1 rings (SSSR count). The van der Waals surface area contributed by atoms with E-state index in [0.29, 0.717) is 24.7 Å². The Kier molecular flexibility index (Phi) is 10.2. The number of ether oxygens (including phenoxy) is 2. The number of benzene rings is 1. The highest BCUT2D eigenvalue weighted by Crippen LogP contribution is 2.19. The standard InChI is InChI=1S/C20H32N2O2/c1-6-21(7-2)13-15-23-18(5)19-11-10-12-20(17-19)24-16-14-22(8-3)9-4/h5,10-11,17H,6-9,13-16H2,1-4H3. The fraction of sp³-hybridized carbons (Fsp3) is 0.600. The van der Waals surface area contributed by atoms with Crippen molar-refractivity contribution in [2.45, 2.75) is 27.7 Å². The molecule has 2 radical (unpaired) electrons. The third kappa shape index (κ3) is 7.37. The number of likely N-dealkylation sites (N-methyl/N-ethyl adjacent to an activating group) is 2. The molecule has 0 aliphatic carbocycles. The maximum absolute atomic E-state index is 6.05. The van der Waals surface area contributed by atoms with E-state index in [0.717, 1.165) is 44.8 Å². The summed E-state index contributed by atoms with van der Waals surface area (Å²) in [5, 5.41) is 0. The Hall–Kier alpha value is -1.52. The van der Waals surface area contributed by atoms with Crippen molar-refractivity contribution in [3.8, 4) is 5.75 Å². The van der Waals surface area contributed by atoms with Gasteiger partial charge in [-0.2, -0.15) is 0 Å². The average Bonchev–Trinajstić information content (AvgIpc) is 2.62. The Morgan fingerprint density at radius 3 is 2.17 bits per heavy atom. The number of hydrogen-bond donors (Lipinski definition) is 0. The topological polar surface area (TPSA) is 24.9 Å². The molecule has 0 N–H and O–H groups in total. The summed E-state index contributed by atoms with van der Waals surface area (Å²) in [4.78, 5) is 4.62. The summed E-state index contributed by atoms with van der Waals surface area (Å²) in [5.41, 5.74) is 0.839. The molecule has 0 aliphatic heterocycles. The van der Waals surface area contributed by atoms with Crippen molar-refractivity contribution in [2.24, 2.45) is 0 Å². The SMILES string of the molecule is [CH]=C(OCCN(CC)CC)c1cc[c]c(OCCN(CC)CC)c1. The highest BCUT2D eigenvalue weighted by Gasteiger charge is 2.05. The molecule has 0 atom stereocenters. The van der Waals surface area contributed by atoms with Crippen LogP contribution in [0.25, 0.3) is 5.76 Å². The highest BCUT2D eigenvalue weighted by molar-refractivity contribution is 5.57. The lowest BCUT2D eigenvalue weighted by atomic mass is 10.2. The van der Waals surface area contributed by atoms with Gasteiger partial charge in [0.05, 0.1) is 0 Å². The fourth-order valence-electron chi connectivity index (χ4n) is 2.41. The van der Waals surface area contributed by atoms with Gasteiger partial charge in [-0.3, -0.25) is 0 Å². The van der Waals surface area contributed by atoms with Gasteiger partial charge in [0.25, 0.3) is 0 Å². The summed E-state index contributed by atoms with van der Waals surface area (Å²) in [6.45, 7) is 21.8. The first-order chi connectivity index (χ1) is 11.6. The Bertz CT molecular complexity index is 468. The van der Waals surface area contributed by atoms with E-state index in [4.69, 9.17) is 16.1 Å². The van der Waals surface area contributed by atoms with Crippen molar-refractivity contribution in [2.75, 3.05) is 52.5 Å². The van der Waals surface area contributed by atoms with E-state index in [1.54, 1.807) is 0 Å². The van der Waals surface area contributed by atoms with Gasteiger partial charge in [-0.05, 0) is 44.9 Å². The van der Waals surface area contributed by atoms with E-state index in [1.807, 2.05) is 18.2 Å². The molecule has 4 nitrogen and oxygen atoms in total. The van der Waals surface area contributed by atoms with Crippen molar-refractivity contribution in [3.63, 3.8) is 0 Å². The van der Waals surface area contributed by atoms with Crippen LogP contribution in [0.1, 0.15) is 33.3 Å². The lowest BCUT2D eigenvalue weighted by molar-refractivity contribution is 0.201. The minimum absolute atomic E-state index is 0.435. The molecular formula is C20H32N2O2. The smallest absolute Gasteiger partial charge is 0.128 e. The molecule has 0 bridgehead atoms. The second kappa shape index (κ2) is 11.9. The first kappa shape index (κ1) is 20.5. The van der Waals surface area contributed by atoms with Crippen molar-refractivity contribution in [3.05, 3.63) is 36.4 Å². The van der Waals surface area contributed by atoms with Gasteiger partial charge < -0.3 is 19.3 Å². The van der Waals surface area contributed by atoms with Crippen LogP contribution in [0.5, 0.6) is 5.75 Å². The zero-order valence-electron chi connectivity index (χ0n) is 15.7. The molecule has 1 aromatic carbocycles. The molecule has 1 aromatic rings. The van der Waals surface area contributed by atoms with Crippen molar-refractivity contribution < 1.29 is 9.47 Å². The van der Waals surface area contributed by atoms with Crippen molar-refractivity contribution in [1.29, 1.82) is 0 Å². The number of hydrogen-bond acceptors (Lipinski definition) is 4. The first-order valence-electron chi connectivity index (χ1n) is 8.99. The van der Waals surface area contributed by atoms with Gasteiger partial charge >= 0.3 is 0 Å². The Morgan fingerprint density at radius 2 is 1.58 bits per heavy atom. The highest BCUT2D eigenvalue weighted by atomic mass is 16.5. The molecular weight excluding hydrogens is 300 g/mol. The molecule has 134 valence electrons. The Labute approximate surface area is 148 Å². The molecule has 0 unspecified atom stereocenters. The molecule has 0 saturated carbocycles. The summed E-state index contributed by atoms with van der Waals surface area (Å²) >= 11 is 0. The van der Waals surface area contributed by atoms with Gasteiger partial charge in [-0.1, -0.05) is 33.8 Å². The molecule has 0 heterocycles. The minimum Gasteiger partial charge on any atom is -0.492 e. The van der Waals surface area contributed by atoms with Crippen LogP contribution < -0.4 is 4.74 Å². The van der Waals surface area contributed by atoms with Gasteiger partial charge in [0.15, 0.2) is 0 Å². The predicted molar refractivity (Wildman–Crippen MR) is 100 cm³/mol. The average molecular weight is 332 g/mol. The summed E-state index contributed by atoms with van der Waals surface area (Å²) < 4.78 is 11.4. The maximum Gasteiger partial charge on any atom is 0.128 e. The second-order valence-corrected chi connectivity index (χ2v) is 5.56. The molecule has 0 spiro atoms. The Morgan fingerprint density at radius 1 is 1.00 bits per heavy atom. The van der Waals surface area contributed by atoms with Crippen LogP contribution in [0.3, 0.4) is 0 Å². The van der Waals surface area contributed by atoms with Crippen LogP contribution in [0.4, 0.5) is 0 Å². The summed E-state index contributed by atoms with van der Waals surface area (Å²) in [5.74, 6) is 1.14. The van der Waals surface area contributed by atoms with E-state index in [9.17, 15) is 0 Å². The van der Waals surface area contributed by atoms with Gasteiger partial charge in [0.2, 0.25) is 0 Å². The summed E-state index contributed by atoms with van der Waals surface area (Å²) in [6, 6.07) is 8.69. The third-order valence-corrected chi connectivity index (χ3v) is 4.18. The zero-order valence-corrected chi connectivity index (χ0v) is 15.7. The minimum atomic E-state index is 0.435. The van der Waals surface area contributed by atoms with E-state index < -0.39 is 0 Å². The lowest BCUT2D eigenvalue weighted by Gasteiger charge is -2.19. The second-order valence-electron chi connectivity index (χ2n) is 5.56. The molecule has 0 amide bonds. The number of nitrogens with zero attached hydrogens (tertiary/aromatic N) is 2. The monoisotopic (exact) mass is 332 g/mol. The van der Waals surface area contributed by atoms with Crippen LogP contribution >= 0.6 is 0 Å². The quantitative estimate of drug-likeness (QED) is 0.517. The van der Waals surface area contributed by atoms with Crippen LogP contribution in [0, 0.1) is 12.6 Å². The van der Waals surface area contributed by atoms with Crippen LogP contribution in [0.15, 0.2) is 18.2 Å². The van der Waals surface area contributed by atoms with Crippen LogP contribution in [-0.2, 0) is 4.74 Å². The van der Waals surface area contributed by atoms with E-state index in [-0.39, 0.29) is 0 Å². The maximum atomic E-state index is 6.05. The molecule has 0 saturated heterocycles. The van der Waals surface area contributed by atoms with Gasteiger partial charge in [0, 0.05) is 24.7 Å². The van der Waals surface area contributed by atoms with Crippen LogP contribution in [0.2, 0.25) is 0 Å². The van der Waals surface area contributed by atoms with E-state index >= 15 is 0 Å². The van der Waals surface area contributed by atoms with Crippen LogP contribution in [-0.4, -0.2) is 62.3 Å². The lowest BCUT2D eigenvalue weighted by Crippen LogP contribution is -2.27. The zero-order chi connectivity index (χ0) is 17.8. The van der Waals surface area contributed by atoms with Gasteiger partial charge in [-0.15, -0.1) is 0 Å². The molecule has 4 heteroatoms. The molecule has 24 heavy (non-hydrogen) atoms. The largest absolute Gasteiger partial charge is 0.492 e. The van der Waals surface area contributed by atoms with Gasteiger partial charge in [0.1, 0.15) is 24.7 Å². The van der Waals surface area contributed by atoms with E-state index in [1.165, 1.54) is 0 Å².